The summed E-state index contributed by atoms with van der Waals surface area (Å²) in [5.41, 5.74) is 1.24. The molecule has 3 aliphatic heterocycles. The van der Waals surface area contributed by atoms with Gasteiger partial charge in [-0.25, -0.2) is 4.98 Å². The lowest BCUT2D eigenvalue weighted by Gasteiger charge is -2.49. The summed E-state index contributed by atoms with van der Waals surface area (Å²) in [6.07, 6.45) is 3.93. The van der Waals surface area contributed by atoms with Crippen molar-refractivity contribution in [3.8, 4) is 6.07 Å². The van der Waals surface area contributed by atoms with Gasteiger partial charge in [-0.1, -0.05) is 11.8 Å². The molecular weight excluding hydrogens is 356 g/mol. The minimum absolute atomic E-state index is 0.00801. The van der Waals surface area contributed by atoms with Crippen molar-refractivity contribution in [1.82, 2.24) is 15.2 Å². The number of pyridine rings is 1. The van der Waals surface area contributed by atoms with Crippen LogP contribution in [-0.4, -0.2) is 41.0 Å². The first-order chi connectivity index (χ1) is 13.1. The van der Waals surface area contributed by atoms with E-state index in [1.807, 2.05) is 30.3 Å². The molecule has 2 bridgehead atoms. The Labute approximate surface area is 163 Å². The van der Waals surface area contributed by atoms with Gasteiger partial charge in [0.1, 0.15) is 11.1 Å². The molecule has 1 aromatic carbocycles. The number of aromatic nitrogens is 1. The predicted octanol–water partition coefficient (Wildman–Crippen LogP) is 3.32. The number of hydrogen-bond donors (Lipinski definition) is 1. The molecule has 2 atom stereocenters. The zero-order chi connectivity index (χ0) is 18.8. The number of rotatable bonds is 4. The highest BCUT2D eigenvalue weighted by molar-refractivity contribution is 7.99. The Hall–Kier alpha value is -2.36. The summed E-state index contributed by atoms with van der Waals surface area (Å²) in [5, 5.41) is 12.9. The molecule has 6 heteroatoms. The number of benzene rings is 1. The van der Waals surface area contributed by atoms with E-state index in [0.29, 0.717) is 23.1 Å². The van der Waals surface area contributed by atoms with Crippen molar-refractivity contribution in [2.24, 2.45) is 5.92 Å². The number of amides is 1. The molecule has 2 aromatic rings. The third kappa shape index (κ3) is 3.85. The quantitative estimate of drug-likeness (QED) is 0.884. The van der Waals surface area contributed by atoms with Crippen molar-refractivity contribution in [2.45, 2.75) is 41.8 Å². The van der Waals surface area contributed by atoms with Gasteiger partial charge in [-0.2, -0.15) is 5.26 Å². The van der Waals surface area contributed by atoms with E-state index in [1.54, 1.807) is 12.3 Å². The molecule has 0 unspecified atom stereocenters. The summed E-state index contributed by atoms with van der Waals surface area (Å²) < 4.78 is 0. The molecule has 1 N–H and O–H groups in total. The molecule has 0 aliphatic carbocycles. The van der Waals surface area contributed by atoms with Crippen molar-refractivity contribution in [1.29, 1.82) is 5.26 Å². The van der Waals surface area contributed by atoms with E-state index in [4.69, 9.17) is 5.26 Å². The van der Waals surface area contributed by atoms with Gasteiger partial charge in [-0.3, -0.25) is 9.69 Å². The number of nitriles is 1. The Morgan fingerprint density at radius 3 is 2.56 bits per heavy atom. The van der Waals surface area contributed by atoms with Gasteiger partial charge in [-0.15, -0.1) is 0 Å². The lowest BCUT2D eigenvalue weighted by atomic mass is 9.79. The second-order valence-corrected chi connectivity index (χ2v) is 8.33. The molecule has 3 saturated heterocycles. The van der Waals surface area contributed by atoms with Gasteiger partial charge < -0.3 is 5.32 Å². The van der Waals surface area contributed by atoms with E-state index in [-0.39, 0.29) is 11.9 Å². The average molecular weight is 379 g/mol. The van der Waals surface area contributed by atoms with Crippen molar-refractivity contribution in [2.75, 3.05) is 13.1 Å². The van der Waals surface area contributed by atoms with Crippen LogP contribution in [0.4, 0.5) is 0 Å². The molecule has 0 radical (unpaired) electrons. The summed E-state index contributed by atoms with van der Waals surface area (Å²) in [7, 11) is 0. The minimum atomic E-state index is 0.00801. The minimum Gasteiger partial charge on any atom is -0.347 e. The molecule has 5 rings (SSSR count). The Balaban J connectivity index is 1.39. The first-order valence-electron chi connectivity index (χ1n) is 9.33. The van der Waals surface area contributed by atoms with Crippen LogP contribution in [0.3, 0.4) is 0 Å². The fourth-order valence-corrected chi connectivity index (χ4v) is 4.84. The molecule has 4 heterocycles. The van der Waals surface area contributed by atoms with Crippen LogP contribution in [0.15, 0.2) is 52.5 Å². The van der Waals surface area contributed by atoms with Crippen LogP contribution in [0, 0.1) is 17.2 Å². The molecule has 138 valence electrons. The van der Waals surface area contributed by atoms with Crippen LogP contribution in [0.25, 0.3) is 0 Å². The zero-order valence-electron chi connectivity index (χ0n) is 15.3. The van der Waals surface area contributed by atoms with Crippen molar-refractivity contribution < 1.29 is 4.79 Å². The molecule has 1 aromatic heterocycles. The standard InChI is InChI=1S/C21H22N4OS/c1-14-20(16-8-10-25(14)11-9-16)24-21(26)17-3-5-18(6-4-17)27-19-7-2-15(12-22)13-23-19/h2-7,13-14,16,20H,8-11H2,1H3,(H,24,26)/t14-,20+/m1/s1. The normalized spacial score (nSPS) is 26.4. The van der Waals surface area contributed by atoms with E-state index in [2.05, 4.69) is 28.2 Å². The van der Waals surface area contributed by atoms with Gasteiger partial charge in [0.05, 0.1) is 5.56 Å². The highest BCUT2D eigenvalue weighted by Crippen LogP contribution is 2.32. The monoisotopic (exact) mass is 378 g/mol. The largest absolute Gasteiger partial charge is 0.347 e. The van der Waals surface area contributed by atoms with Crippen LogP contribution in [0.5, 0.6) is 0 Å². The Kier molecular flexibility index (Phi) is 5.15. The molecule has 0 spiro atoms. The van der Waals surface area contributed by atoms with E-state index >= 15 is 0 Å². The molecule has 3 aliphatic rings. The SMILES string of the molecule is C[C@@H]1[C@H](NC(=O)c2ccc(Sc3ccc(C#N)cn3)cc2)C2CCN1CC2. The zero-order valence-corrected chi connectivity index (χ0v) is 16.1. The highest BCUT2D eigenvalue weighted by atomic mass is 32.2. The molecule has 3 fully saturated rings. The topological polar surface area (TPSA) is 69.0 Å². The van der Waals surface area contributed by atoms with Gasteiger partial charge in [0.25, 0.3) is 5.91 Å². The first kappa shape index (κ1) is 18.0. The van der Waals surface area contributed by atoms with Gasteiger partial charge >= 0.3 is 0 Å². The van der Waals surface area contributed by atoms with Crippen molar-refractivity contribution in [3.63, 3.8) is 0 Å². The highest BCUT2D eigenvalue weighted by Gasteiger charge is 2.40. The first-order valence-corrected chi connectivity index (χ1v) is 10.1. The van der Waals surface area contributed by atoms with Crippen LogP contribution in [0.2, 0.25) is 0 Å². The second kappa shape index (κ2) is 7.71. The third-order valence-corrected chi connectivity index (χ3v) is 6.64. The lowest BCUT2D eigenvalue weighted by molar-refractivity contribution is 0.0217. The van der Waals surface area contributed by atoms with E-state index < -0.39 is 0 Å². The smallest absolute Gasteiger partial charge is 0.251 e. The maximum atomic E-state index is 12.7. The summed E-state index contributed by atoms with van der Waals surface area (Å²) >= 11 is 1.51. The van der Waals surface area contributed by atoms with Crippen LogP contribution < -0.4 is 5.32 Å². The number of nitrogens with one attached hydrogen (secondary N) is 1. The van der Waals surface area contributed by atoms with E-state index in [0.717, 1.165) is 23.0 Å². The maximum Gasteiger partial charge on any atom is 0.251 e. The molecule has 27 heavy (non-hydrogen) atoms. The average Bonchev–Trinajstić information content (AvgIpc) is 2.72. The van der Waals surface area contributed by atoms with Crippen LogP contribution >= 0.6 is 11.8 Å². The Morgan fingerprint density at radius 2 is 1.96 bits per heavy atom. The predicted molar refractivity (Wildman–Crippen MR) is 105 cm³/mol. The number of piperidine rings is 3. The lowest BCUT2D eigenvalue weighted by Crippen LogP contribution is -2.62. The second-order valence-electron chi connectivity index (χ2n) is 7.24. The van der Waals surface area contributed by atoms with Gasteiger partial charge in [0, 0.05) is 28.7 Å². The van der Waals surface area contributed by atoms with Gasteiger partial charge in [0.15, 0.2) is 0 Å². The summed E-state index contributed by atoms with van der Waals surface area (Å²) in [4.78, 5) is 20.5. The number of carbonyl (C=O) groups is 1. The number of nitrogens with zero attached hydrogens (tertiary/aromatic N) is 3. The summed E-state index contributed by atoms with van der Waals surface area (Å²) in [6, 6.07) is 13.9. The molecule has 5 nitrogen and oxygen atoms in total. The van der Waals surface area contributed by atoms with Crippen LogP contribution in [0.1, 0.15) is 35.7 Å². The summed E-state index contributed by atoms with van der Waals surface area (Å²) in [5.74, 6) is 0.611. The molecular formula is C21H22N4OS. The van der Waals surface area contributed by atoms with Crippen molar-refractivity contribution >= 4 is 17.7 Å². The van der Waals surface area contributed by atoms with E-state index in [1.165, 1.54) is 24.6 Å². The van der Waals surface area contributed by atoms with Gasteiger partial charge in [-0.05, 0) is 75.2 Å². The number of hydrogen-bond acceptors (Lipinski definition) is 5. The number of fused-ring (bicyclic) bond motifs is 3. The maximum absolute atomic E-state index is 12.7. The van der Waals surface area contributed by atoms with E-state index in [9.17, 15) is 4.79 Å². The number of carbonyl (C=O) groups excluding carboxylic acids is 1. The van der Waals surface area contributed by atoms with Crippen LogP contribution in [-0.2, 0) is 0 Å². The van der Waals surface area contributed by atoms with Crippen molar-refractivity contribution in [3.05, 3.63) is 53.7 Å². The Morgan fingerprint density at radius 1 is 1.22 bits per heavy atom. The summed E-state index contributed by atoms with van der Waals surface area (Å²) in [6.45, 7) is 4.54. The molecule has 1 amide bonds. The molecule has 0 saturated carbocycles. The fourth-order valence-electron chi connectivity index (χ4n) is 4.08. The fraction of sp³-hybridized carbons (Fsp3) is 0.381. The van der Waals surface area contributed by atoms with Gasteiger partial charge in [0.2, 0.25) is 0 Å². The Bertz CT molecular complexity index is 849. The third-order valence-electron chi connectivity index (χ3n) is 5.68.